The van der Waals surface area contributed by atoms with Gasteiger partial charge in [0.05, 0.1) is 5.69 Å². The summed E-state index contributed by atoms with van der Waals surface area (Å²) in [5.41, 5.74) is -0.166. The van der Waals surface area contributed by atoms with E-state index < -0.39 is 35.7 Å². The van der Waals surface area contributed by atoms with Crippen LogP contribution in [-0.4, -0.2) is 76.7 Å². The maximum atomic E-state index is 13.1. The molecule has 0 radical (unpaired) electrons. The van der Waals surface area contributed by atoms with Gasteiger partial charge in [-0.2, -0.15) is 0 Å². The van der Waals surface area contributed by atoms with Crippen molar-refractivity contribution in [1.29, 1.82) is 0 Å². The van der Waals surface area contributed by atoms with E-state index in [1.54, 1.807) is 0 Å². The molecule has 2 atom stereocenters. The molecule has 3 rings (SSSR count). The predicted octanol–water partition coefficient (Wildman–Crippen LogP) is -0.223. The van der Waals surface area contributed by atoms with Gasteiger partial charge in [0, 0.05) is 17.3 Å². The Balaban J connectivity index is 1.84. The summed E-state index contributed by atoms with van der Waals surface area (Å²) in [6, 6.07) is -2.15. The number of anilines is 2. The van der Waals surface area contributed by atoms with Gasteiger partial charge in [0.1, 0.15) is 30.6 Å². The molecule has 36 heavy (non-hydrogen) atoms. The summed E-state index contributed by atoms with van der Waals surface area (Å²) < 4.78 is 0. The molecular formula is C18H18Cl2N8O6S2. The fourth-order valence-corrected chi connectivity index (χ4v) is 4.25. The third kappa shape index (κ3) is 6.87. The highest BCUT2D eigenvalue weighted by molar-refractivity contribution is 7.14. The minimum atomic E-state index is -1.38. The molecule has 1 aliphatic rings. The summed E-state index contributed by atoms with van der Waals surface area (Å²) in [4.78, 5) is 73.9. The Bertz CT molecular complexity index is 1200. The van der Waals surface area contributed by atoms with Gasteiger partial charge in [-0.25, -0.2) is 9.97 Å². The Hall–Kier alpha value is -3.34. The molecule has 0 aliphatic carbocycles. The van der Waals surface area contributed by atoms with E-state index in [0.717, 1.165) is 22.7 Å². The highest BCUT2D eigenvalue weighted by Crippen LogP contribution is 2.22. The van der Waals surface area contributed by atoms with Gasteiger partial charge in [0.15, 0.2) is 22.0 Å². The predicted molar refractivity (Wildman–Crippen MR) is 132 cm³/mol. The molecule has 2 unspecified atom stereocenters. The highest BCUT2D eigenvalue weighted by Gasteiger charge is 2.34. The number of carbonyl (C=O) groups is 5. The number of thiazole rings is 2. The van der Waals surface area contributed by atoms with Crippen LogP contribution in [0.25, 0.3) is 0 Å². The smallest absolute Gasteiger partial charge is 0.276 e. The Morgan fingerprint density at radius 3 is 2.33 bits per heavy atom. The van der Waals surface area contributed by atoms with Gasteiger partial charge in [-0.1, -0.05) is 5.16 Å². The summed E-state index contributed by atoms with van der Waals surface area (Å²) in [7, 11) is 1.21. The van der Waals surface area contributed by atoms with Gasteiger partial charge < -0.3 is 31.4 Å². The number of alkyl halides is 2. The van der Waals surface area contributed by atoms with Crippen molar-refractivity contribution in [2.24, 2.45) is 5.16 Å². The molecule has 1 saturated heterocycles. The molecule has 3 heterocycles. The summed E-state index contributed by atoms with van der Waals surface area (Å²) in [6.45, 7) is 0.228. The number of amides is 5. The second-order valence-corrected chi connectivity index (χ2v) is 9.07. The maximum Gasteiger partial charge on any atom is 0.276 e. The van der Waals surface area contributed by atoms with Crippen LogP contribution in [-0.2, 0) is 28.8 Å². The lowest BCUT2D eigenvalue weighted by Gasteiger charge is -2.28. The van der Waals surface area contributed by atoms with E-state index in [-0.39, 0.29) is 51.6 Å². The average molecular weight is 577 g/mol. The topological polar surface area (TPSA) is 193 Å². The summed E-state index contributed by atoms with van der Waals surface area (Å²) in [5.74, 6) is -3.57. The number of carbonyl (C=O) groups excluding carboxylic acids is 5. The molecule has 192 valence electrons. The van der Waals surface area contributed by atoms with Crippen LogP contribution >= 0.6 is 45.9 Å². The van der Waals surface area contributed by atoms with E-state index in [2.05, 4.69) is 41.7 Å². The van der Waals surface area contributed by atoms with Gasteiger partial charge in [0.25, 0.3) is 5.91 Å². The van der Waals surface area contributed by atoms with E-state index in [4.69, 9.17) is 28.0 Å². The van der Waals surface area contributed by atoms with Crippen molar-refractivity contribution in [3.8, 4) is 0 Å². The Morgan fingerprint density at radius 1 is 1.14 bits per heavy atom. The highest BCUT2D eigenvalue weighted by atomic mass is 35.5. The van der Waals surface area contributed by atoms with Crippen LogP contribution in [0.2, 0.25) is 0 Å². The zero-order chi connectivity index (χ0) is 26.2. The molecule has 2 aromatic rings. The third-order valence-corrected chi connectivity index (χ3v) is 6.37. The van der Waals surface area contributed by atoms with Gasteiger partial charge in [-0.3, -0.25) is 24.0 Å². The van der Waals surface area contributed by atoms with E-state index in [1.165, 1.54) is 17.9 Å². The van der Waals surface area contributed by atoms with Crippen LogP contribution in [0, 0.1) is 0 Å². The van der Waals surface area contributed by atoms with Crippen LogP contribution < -0.4 is 26.6 Å². The molecule has 0 saturated carbocycles. The van der Waals surface area contributed by atoms with Crippen molar-refractivity contribution in [2.45, 2.75) is 12.1 Å². The molecule has 5 N–H and O–H groups in total. The zero-order valence-electron chi connectivity index (χ0n) is 18.3. The monoisotopic (exact) mass is 576 g/mol. The minimum Gasteiger partial charge on any atom is -0.398 e. The molecule has 0 aromatic carbocycles. The standard InChI is InChI=1S/C18H18Cl2N8O6S2/c1-34-28-13(9-6-36-18(24-9)26-11(30)3-20)16(33)27-12(15(32)22-7-4-21-14(7)31)8-5-35-17(23-8)25-10(29)2-19/h5-7,12H,2-4H2,1H3,(H,21,31)(H,22,32)(H,27,33)(H,23,25,29)(H,24,26,30). The average Bonchev–Trinajstić information content (AvgIpc) is 3.52. The molecule has 1 fully saturated rings. The van der Waals surface area contributed by atoms with E-state index in [1.807, 2.05) is 0 Å². The van der Waals surface area contributed by atoms with Crippen molar-refractivity contribution in [3.05, 3.63) is 22.1 Å². The number of nitrogens with one attached hydrogen (secondary N) is 5. The number of rotatable bonds is 11. The first-order chi connectivity index (χ1) is 17.2. The lowest BCUT2D eigenvalue weighted by Crippen LogP contribution is -2.63. The van der Waals surface area contributed by atoms with Gasteiger partial charge in [-0.15, -0.1) is 45.9 Å². The fraction of sp³-hybridized carbons (Fsp3) is 0.333. The lowest BCUT2D eigenvalue weighted by molar-refractivity contribution is -0.134. The van der Waals surface area contributed by atoms with Gasteiger partial charge in [-0.05, 0) is 0 Å². The third-order valence-electron chi connectivity index (χ3n) is 4.35. The molecule has 18 heteroatoms. The lowest BCUT2D eigenvalue weighted by atomic mass is 10.1. The Kier molecular flexibility index (Phi) is 9.51. The molecule has 5 amide bonds. The number of hydrogen-bond acceptors (Lipinski definition) is 11. The molecule has 0 bridgehead atoms. The van der Waals surface area contributed by atoms with Crippen molar-refractivity contribution in [3.63, 3.8) is 0 Å². The first-order valence-corrected chi connectivity index (χ1v) is 12.7. The van der Waals surface area contributed by atoms with E-state index in [9.17, 15) is 24.0 Å². The number of halogens is 2. The molecular weight excluding hydrogens is 559 g/mol. The molecule has 14 nitrogen and oxygen atoms in total. The quantitative estimate of drug-likeness (QED) is 0.105. The molecule has 2 aromatic heterocycles. The normalized spacial score (nSPS) is 15.7. The van der Waals surface area contributed by atoms with Crippen molar-refractivity contribution in [2.75, 3.05) is 36.0 Å². The Labute approximate surface area is 221 Å². The number of oxime groups is 1. The first kappa shape index (κ1) is 27.3. The second kappa shape index (κ2) is 12.6. The van der Waals surface area contributed by atoms with E-state index >= 15 is 0 Å². The first-order valence-electron chi connectivity index (χ1n) is 9.88. The number of aromatic nitrogens is 2. The fourth-order valence-electron chi connectivity index (χ4n) is 2.65. The van der Waals surface area contributed by atoms with Crippen LogP contribution in [0.1, 0.15) is 17.4 Å². The molecule has 1 aliphatic heterocycles. The molecule has 0 spiro atoms. The SMILES string of the molecule is CON=C(C(=O)NC(C(=O)NC1CNC1=O)c1csc(NC(=O)CCl)n1)c1csc(NC(=O)CCl)n1. The van der Waals surface area contributed by atoms with Crippen LogP contribution in [0.5, 0.6) is 0 Å². The van der Waals surface area contributed by atoms with E-state index in [0.29, 0.717) is 0 Å². The largest absolute Gasteiger partial charge is 0.398 e. The minimum absolute atomic E-state index is 0.0510. The van der Waals surface area contributed by atoms with Crippen LogP contribution in [0.15, 0.2) is 15.9 Å². The van der Waals surface area contributed by atoms with Crippen molar-refractivity contribution < 1.29 is 28.8 Å². The Morgan fingerprint density at radius 2 is 1.78 bits per heavy atom. The summed E-state index contributed by atoms with van der Waals surface area (Å²) in [6.07, 6.45) is 0. The van der Waals surface area contributed by atoms with Gasteiger partial charge >= 0.3 is 0 Å². The van der Waals surface area contributed by atoms with Crippen LogP contribution in [0.4, 0.5) is 10.3 Å². The summed E-state index contributed by atoms with van der Waals surface area (Å²) in [5, 5.41) is 19.3. The number of hydrogen-bond donors (Lipinski definition) is 5. The van der Waals surface area contributed by atoms with Crippen molar-refractivity contribution >= 4 is 91.4 Å². The second-order valence-electron chi connectivity index (χ2n) is 6.81. The van der Waals surface area contributed by atoms with Gasteiger partial charge in [0.2, 0.25) is 23.6 Å². The zero-order valence-corrected chi connectivity index (χ0v) is 21.4. The van der Waals surface area contributed by atoms with Crippen molar-refractivity contribution in [1.82, 2.24) is 25.9 Å². The number of nitrogens with zero attached hydrogens (tertiary/aromatic N) is 3. The number of β-lactam (4-membered cyclic amide) rings is 1. The maximum absolute atomic E-state index is 13.1. The summed E-state index contributed by atoms with van der Waals surface area (Å²) >= 11 is 13.0. The van der Waals surface area contributed by atoms with Crippen LogP contribution in [0.3, 0.4) is 0 Å².